The first kappa shape index (κ1) is 15.3. The Labute approximate surface area is 125 Å². The van der Waals surface area contributed by atoms with E-state index in [0.29, 0.717) is 13.2 Å². The van der Waals surface area contributed by atoms with Crippen LogP contribution in [0.2, 0.25) is 0 Å². The van der Waals surface area contributed by atoms with Crippen LogP contribution in [0, 0.1) is 0 Å². The largest absolute Gasteiger partial charge is 0.383 e. The summed E-state index contributed by atoms with van der Waals surface area (Å²) in [6.07, 6.45) is 2.83. The number of hydrogen-bond donors (Lipinski definition) is 1. The number of pyridine rings is 1. The highest BCUT2D eigenvalue weighted by Crippen LogP contribution is 2.21. The fourth-order valence-electron chi connectivity index (χ4n) is 2.29. The summed E-state index contributed by atoms with van der Waals surface area (Å²) in [6, 6.07) is 14.0. The van der Waals surface area contributed by atoms with Crippen LogP contribution < -0.4 is 10.9 Å². The van der Waals surface area contributed by atoms with E-state index in [1.54, 1.807) is 17.7 Å². The van der Waals surface area contributed by atoms with Gasteiger partial charge in [-0.1, -0.05) is 37.3 Å². The van der Waals surface area contributed by atoms with E-state index in [1.165, 1.54) is 5.56 Å². The lowest BCUT2D eigenvalue weighted by Crippen LogP contribution is -2.22. The second-order valence-corrected chi connectivity index (χ2v) is 4.96. The van der Waals surface area contributed by atoms with Gasteiger partial charge in [0.25, 0.3) is 5.56 Å². The van der Waals surface area contributed by atoms with Crippen LogP contribution in [-0.2, 0) is 11.3 Å². The van der Waals surface area contributed by atoms with Gasteiger partial charge in [0.1, 0.15) is 0 Å². The van der Waals surface area contributed by atoms with Crippen LogP contribution in [0.1, 0.15) is 24.9 Å². The van der Waals surface area contributed by atoms with Crippen molar-refractivity contribution in [1.82, 2.24) is 4.57 Å². The molecule has 0 fully saturated rings. The number of benzene rings is 1. The second kappa shape index (κ2) is 7.64. The molecular weight excluding hydrogens is 264 g/mol. The third-order valence-corrected chi connectivity index (χ3v) is 3.47. The molecule has 0 spiro atoms. The van der Waals surface area contributed by atoms with Crippen LogP contribution in [0.3, 0.4) is 0 Å². The summed E-state index contributed by atoms with van der Waals surface area (Å²) < 4.78 is 6.70. The first-order valence-electron chi connectivity index (χ1n) is 7.25. The van der Waals surface area contributed by atoms with Crippen molar-refractivity contribution in [1.29, 1.82) is 0 Å². The Kier molecular flexibility index (Phi) is 5.58. The molecule has 2 rings (SSSR count). The van der Waals surface area contributed by atoms with Gasteiger partial charge in [-0.15, -0.1) is 0 Å². The molecule has 1 heterocycles. The minimum Gasteiger partial charge on any atom is -0.383 e. The second-order valence-electron chi connectivity index (χ2n) is 4.96. The third-order valence-electron chi connectivity index (χ3n) is 3.47. The molecule has 0 bridgehead atoms. The maximum atomic E-state index is 11.8. The van der Waals surface area contributed by atoms with E-state index in [-0.39, 0.29) is 11.6 Å². The zero-order chi connectivity index (χ0) is 15.1. The number of hydrogen-bond acceptors (Lipinski definition) is 3. The fraction of sp³-hybridized carbons (Fsp3) is 0.353. The normalized spacial score (nSPS) is 12.1. The number of nitrogens with zero attached hydrogens (tertiary/aromatic N) is 1. The number of rotatable bonds is 7. The van der Waals surface area contributed by atoms with Crippen LogP contribution in [0.25, 0.3) is 0 Å². The van der Waals surface area contributed by atoms with Gasteiger partial charge in [-0.25, -0.2) is 0 Å². The number of anilines is 1. The van der Waals surface area contributed by atoms with Gasteiger partial charge in [-0.3, -0.25) is 4.79 Å². The predicted molar refractivity (Wildman–Crippen MR) is 85.7 cm³/mol. The first-order valence-corrected chi connectivity index (χ1v) is 7.25. The van der Waals surface area contributed by atoms with Crippen molar-refractivity contribution in [3.05, 3.63) is 64.6 Å². The summed E-state index contributed by atoms with van der Waals surface area (Å²) >= 11 is 0. The minimum absolute atomic E-state index is 0.00893. The Morgan fingerprint density at radius 1 is 1.19 bits per heavy atom. The first-order chi connectivity index (χ1) is 10.2. The summed E-state index contributed by atoms with van der Waals surface area (Å²) in [5.41, 5.74) is 2.18. The fourth-order valence-corrected chi connectivity index (χ4v) is 2.29. The molecule has 0 amide bonds. The lowest BCUT2D eigenvalue weighted by atomic mass is 10.0. The summed E-state index contributed by atoms with van der Waals surface area (Å²) in [5.74, 6) is 0. The molecule has 0 saturated heterocycles. The molecule has 0 saturated carbocycles. The average Bonchev–Trinajstić information content (AvgIpc) is 2.53. The van der Waals surface area contributed by atoms with Crippen LogP contribution in [0.4, 0.5) is 5.69 Å². The molecule has 0 radical (unpaired) electrons. The van der Waals surface area contributed by atoms with Crippen LogP contribution in [-0.4, -0.2) is 18.3 Å². The highest BCUT2D eigenvalue weighted by Gasteiger charge is 2.09. The maximum absolute atomic E-state index is 11.8. The average molecular weight is 286 g/mol. The Hall–Kier alpha value is -2.07. The molecule has 2 aromatic rings. The lowest BCUT2D eigenvalue weighted by Gasteiger charge is -2.19. The standard InChI is InChI=1S/C17H22N2O2/c1-3-16(14-7-5-4-6-8-14)18-15-9-10-17(20)19(13-15)11-12-21-2/h4-10,13,16,18H,3,11-12H2,1-2H3. The molecule has 0 aliphatic heterocycles. The van der Waals surface area contributed by atoms with Gasteiger partial charge < -0.3 is 14.6 Å². The molecule has 21 heavy (non-hydrogen) atoms. The number of nitrogens with one attached hydrogen (secondary N) is 1. The van der Waals surface area contributed by atoms with Gasteiger partial charge in [0.15, 0.2) is 0 Å². The molecule has 4 nitrogen and oxygen atoms in total. The van der Waals surface area contributed by atoms with Gasteiger partial charge in [-0.2, -0.15) is 0 Å². The molecule has 0 aliphatic carbocycles. The Balaban J connectivity index is 2.16. The van der Waals surface area contributed by atoms with Crippen molar-refractivity contribution in [2.24, 2.45) is 0 Å². The molecule has 112 valence electrons. The molecule has 1 N–H and O–H groups in total. The van der Waals surface area contributed by atoms with Crippen molar-refractivity contribution >= 4 is 5.69 Å². The van der Waals surface area contributed by atoms with Crippen molar-refractivity contribution in [3.63, 3.8) is 0 Å². The monoisotopic (exact) mass is 286 g/mol. The number of aromatic nitrogens is 1. The highest BCUT2D eigenvalue weighted by atomic mass is 16.5. The Morgan fingerprint density at radius 3 is 2.62 bits per heavy atom. The summed E-state index contributed by atoms with van der Waals surface area (Å²) in [5, 5.41) is 3.49. The van der Waals surface area contributed by atoms with Gasteiger partial charge in [-0.05, 0) is 18.1 Å². The number of methoxy groups -OCH3 is 1. The van der Waals surface area contributed by atoms with E-state index >= 15 is 0 Å². The molecule has 1 atom stereocenters. The topological polar surface area (TPSA) is 43.3 Å². The highest BCUT2D eigenvalue weighted by molar-refractivity contribution is 5.43. The van der Waals surface area contributed by atoms with Crippen LogP contribution in [0.15, 0.2) is 53.5 Å². The molecule has 1 aromatic heterocycles. The van der Waals surface area contributed by atoms with Gasteiger partial charge in [0, 0.05) is 25.9 Å². The third kappa shape index (κ3) is 4.20. The smallest absolute Gasteiger partial charge is 0.250 e. The predicted octanol–water partition coefficient (Wildman–Crippen LogP) is 3.06. The lowest BCUT2D eigenvalue weighted by molar-refractivity contribution is 0.186. The van der Waals surface area contributed by atoms with E-state index < -0.39 is 0 Å². The Bertz CT molecular complexity index is 608. The van der Waals surface area contributed by atoms with E-state index in [9.17, 15) is 4.79 Å². The van der Waals surface area contributed by atoms with Gasteiger partial charge >= 0.3 is 0 Å². The van der Waals surface area contributed by atoms with Crippen molar-refractivity contribution < 1.29 is 4.74 Å². The summed E-state index contributed by atoms with van der Waals surface area (Å²) in [4.78, 5) is 11.8. The van der Waals surface area contributed by atoms with Crippen molar-refractivity contribution in [2.45, 2.75) is 25.9 Å². The van der Waals surface area contributed by atoms with Gasteiger partial charge in [0.2, 0.25) is 0 Å². The molecule has 4 heteroatoms. The zero-order valence-corrected chi connectivity index (χ0v) is 12.6. The van der Waals surface area contributed by atoms with E-state index in [2.05, 4.69) is 24.4 Å². The van der Waals surface area contributed by atoms with Crippen LogP contribution >= 0.6 is 0 Å². The minimum atomic E-state index is -0.00893. The maximum Gasteiger partial charge on any atom is 0.250 e. The summed E-state index contributed by atoms with van der Waals surface area (Å²) in [7, 11) is 1.63. The van der Waals surface area contributed by atoms with E-state index in [0.717, 1.165) is 12.1 Å². The molecule has 1 unspecified atom stereocenters. The van der Waals surface area contributed by atoms with Crippen molar-refractivity contribution in [2.75, 3.05) is 19.0 Å². The molecule has 1 aromatic carbocycles. The van der Waals surface area contributed by atoms with Crippen molar-refractivity contribution in [3.8, 4) is 0 Å². The molecule has 0 aliphatic rings. The SMILES string of the molecule is CCC(Nc1ccc(=O)n(CCOC)c1)c1ccccc1. The van der Waals surface area contributed by atoms with E-state index in [1.807, 2.05) is 30.5 Å². The van der Waals surface area contributed by atoms with Gasteiger partial charge in [0.05, 0.1) is 18.3 Å². The quantitative estimate of drug-likeness (QED) is 0.850. The molecular formula is C17H22N2O2. The zero-order valence-electron chi connectivity index (χ0n) is 12.6. The summed E-state index contributed by atoms with van der Waals surface area (Å²) in [6.45, 7) is 3.23. The Morgan fingerprint density at radius 2 is 1.95 bits per heavy atom. The van der Waals surface area contributed by atoms with Crippen LogP contribution in [0.5, 0.6) is 0 Å². The number of ether oxygens (including phenoxy) is 1. The van der Waals surface area contributed by atoms with E-state index in [4.69, 9.17) is 4.74 Å².